The SMILES string of the molecule is O=C([O-])c1ccc(Br)cc1C(F)(F)F.O=C([O-])c1ccc(Br)cc1C(F)(F)F.O=C([O-])c1ccc(Br)cc1C(F)(F)F.[Bi+3]. The molecule has 43 heavy (non-hydrogen) atoms. The van der Waals surface area contributed by atoms with Gasteiger partial charge in [-0.25, -0.2) is 0 Å². The quantitative estimate of drug-likeness (QED) is 0.266. The summed E-state index contributed by atoms with van der Waals surface area (Å²) in [7, 11) is 0. The van der Waals surface area contributed by atoms with Crippen molar-refractivity contribution in [1.29, 1.82) is 0 Å². The summed E-state index contributed by atoms with van der Waals surface area (Å²) in [4.78, 5) is 31.1. The molecule has 0 heterocycles. The maximum atomic E-state index is 12.3. The van der Waals surface area contributed by atoms with Crippen LogP contribution >= 0.6 is 47.8 Å². The molecule has 0 unspecified atom stereocenters. The maximum Gasteiger partial charge on any atom is 3.00 e. The summed E-state index contributed by atoms with van der Waals surface area (Å²) in [5.41, 5.74) is -6.23. The van der Waals surface area contributed by atoms with E-state index in [9.17, 15) is 69.2 Å². The fourth-order valence-electron chi connectivity index (χ4n) is 2.79. The average molecular weight is 1010 g/mol. The number of rotatable bonds is 3. The molecule has 6 nitrogen and oxygen atoms in total. The van der Waals surface area contributed by atoms with E-state index in [0.29, 0.717) is 18.2 Å². The molecule has 2 radical (unpaired) electrons. The normalized spacial score (nSPS) is 11.2. The van der Waals surface area contributed by atoms with Gasteiger partial charge in [0.1, 0.15) is 0 Å². The molecule has 0 saturated carbocycles. The summed E-state index contributed by atoms with van der Waals surface area (Å²) in [6, 6.07) is 8.27. The summed E-state index contributed by atoms with van der Waals surface area (Å²) in [5, 5.41) is 31.1. The molecule has 230 valence electrons. The topological polar surface area (TPSA) is 120 Å². The van der Waals surface area contributed by atoms with Crippen LogP contribution in [0.5, 0.6) is 0 Å². The molecular formula is C24H9BiBr3F9O6. The van der Waals surface area contributed by atoms with Crippen molar-refractivity contribution in [2.24, 2.45) is 0 Å². The Labute approximate surface area is 279 Å². The van der Waals surface area contributed by atoms with E-state index in [1.54, 1.807) is 0 Å². The molecule has 0 atom stereocenters. The van der Waals surface area contributed by atoms with Crippen LogP contribution in [0.4, 0.5) is 39.5 Å². The molecule has 0 bridgehead atoms. The number of aromatic carboxylic acids is 3. The Morgan fingerprint density at radius 3 is 0.791 bits per heavy atom. The van der Waals surface area contributed by atoms with Crippen LogP contribution in [-0.2, 0) is 18.5 Å². The second-order valence-electron chi connectivity index (χ2n) is 7.43. The van der Waals surface area contributed by atoms with Gasteiger partial charge in [-0.05, 0) is 36.4 Å². The van der Waals surface area contributed by atoms with Crippen molar-refractivity contribution in [3.05, 3.63) is 101 Å². The number of hydrogen-bond donors (Lipinski definition) is 0. The van der Waals surface area contributed by atoms with Crippen molar-refractivity contribution in [2.75, 3.05) is 0 Å². The number of benzene rings is 3. The second kappa shape index (κ2) is 16.2. The minimum Gasteiger partial charge on any atom is -0.545 e. The molecule has 19 heteroatoms. The van der Waals surface area contributed by atoms with Gasteiger partial charge in [-0.3, -0.25) is 0 Å². The van der Waals surface area contributed by atoms with Crippen LogP contribution in [0.3, 0.4) is 0 Å². The molecule has 3 aromatic carbocycles. The first-order valence-electron chi connectivity index (χ1n) is 10.2. The second-order valence-corrected chi connectivity index (χ2v) is 10.2. The zero-order chi connectivity index (χ0) is 32.8. The Morgan fingerprint density at radius 1 is 0.465 bits per heavy atom. The van der Waals surface area contributed by atoms with Crippen LogP contribution in [0, 0.1) is 0 Å². The third-order valence-electron chi connectivity index (χ3n) is 4.52. The van der Waals surface area contributed by atoms with E-state index in [-0.39, 0.29) is 39.6 Å². The van der Waals surface area contributed by atoms with Gasteiger partial charge >= 0.3 is 44.7 Å². The average Bonchev–Trinajstić information content (AvgIpc) is 2.82. The molecule has 0 aliphatic heterocycles. The van der Waals surface area contributed by atoms with Crippen molar-refractivity contribution >= 4 is 91.9 Å². The van der Waals surface area contributed by atoms with Gasteiger partial charge in [0.15, 0.2) is 0 Å². The Kier molecular flexibility index (Phi) is 15.3. The molecule has 0 N–H and O–H groups in total. The summed E-state index contributed by atoms with van der Waals surface area (Å²) in [6.45, 7) is 0. The van der Waals surface area contributed by atoms with Gasteiger partial charge in [0.25, 0.3) is 0 Å². The standard InChI is InChI=1S/3C8H4BrF3O2.Bi/c3*9-4-1-2-5(7(13)14)6(3-4)8(10,11)12;/h3*1-3H,(H,13,14);/q;;;+3/p-3. The van der Waals surface area contributed by atoms with E-state index >= 15 is 0 Å². The number of halogens is 12. The van der Waals surface area contributed by atoms with Crippen LogP contribution in [0.15, 0.2) is 68.0 Å². The predicted octanol–water partition coefficient (Wildman–Crippen LogP) is 5.11. The van der Waals surface area contributed by atoms with E-state index in [2.05, 4.69) is 47.8 Å². The van der Waals surface area contributed by atoms with E-state index in [4.69, 9.17) is 0 Å². The van der Waals surface area contributed by atoms with Gasteiger partial charge in [-0.15, -0.1) is 0 Å². The number of carboxylic acids is 3. The Bertz CT molecular complexity index is 1300. The minimum absolute atomic E-state index is 0. The molecule has 0 aromatic heterocycles. The van der Waals surface area contributed by atoms with Gasteiger partial charge in [0, 0.05) is 30.1 Å². The van der Waals surface area contributed by atoms with E-state index in [1.807, 2.05) is 0 Å². The van der Waals surface area contributed by atoms with Gasteiger partial charge in [-0.2, -0.15) is 39.5 Å². The molecule has 0 fully saturated rings. The van der Waals surface area contributed by atoms with Crippen LogP contribution in [-0.4, -0.2) is 44.1 Å². The number of carbonyl (C=O) groups excluding carboxylic acids is 3. The van der Waals surface area contributed by atoms with Gasteiger partial charge in [0.05, 0.1) is 34.6 Å². The number of carboxylic acid groups (broad SMARTS) is 3. The molecular weight excluding hydrogens is 1000 g/mol. The van der Waals surface area contributed by atoms with Crippen LogP contribution in [0.1, 0.15) is 47.8 Å². The third kappa shape index (κ3) is 12.7. The fraction of sp³-hybridized carbons (Fsp3) is 0.125. The monoisotopic (exact) mass is 1010 g/mol. The smallest absolute Gasteiger partial charge is 0.545 e. The Morgan fingerprint density at radius 2 is 0.651 bits per heavy atom. The Hall–Kier alpha value is -2.24. The molecule has 0 aliphatic rings. The molecule has 0 amide bonds. The Balaban J connectivity index is 0.000000608. The maximum absolute atomic E-state index is 12.3. The summed E-state index contributed by atoms with van der Waals surface area (Å²) in [5.74, 6) is -5.53. The summed E-state index contributed by atoms with van der Waals surface area (Å²) in [6.07, 6.45) is -14.1. The van der Waals surface area contributed by atoms with Crippen LogP contribution in [0.2, 0.25) is 0 Å². The van der Waals surface area contributed by atoms with Gasteiger partial charge in [-0.1, -0.05) is 66.0 Å². The molecule has 3 aromatic rings. The summed E-state index contributed by atoms with van der Waals surface area (Å²) >= 11 is 8.47. The van der Waals surface area contributed by atoms with E-state index < -0.39 is 69.8 Å². The van der Waals surface area contributed by atoms with Gasteiger partial charge < -0.3 is 29.7 Å². The van der Waals surface area contributed by atoms with Crippen molar-refractivity contribution in [3.63, 3.8) is 0 Å². The van der Waals surface area contributed by atoms with E-state index in [1.165, 1.54) is 18.2 Å². The number of hydrogen-bond acceptors (Lipinski definition) is 6. The van der Waals surface area contributed by atoms with Crippen LogP contribution in [0.25, 0.3) is 0 Å². The van der Waals surface area contributed by atoms with Crippen molar-refractivity contribution in [1.82, 2.24) is 0 Å². The number of carbonyl (C=O) groups is 3. The summed E-state index contributed by atoms with van der Waals surface area (Å²) < 4.78 is 111. The fourth-order valence-corrected chi connectivity index (χ4v) is 3.87. The zero-order valence-corrected chi connectivity index (χ0v) is 28.4. The minimum atomic E-state index is -4.70. The molecule has 0 spiro atoms. The van der Waals surface area contributed by atoms with Crippen molar-refractivity contribution in [2.45, 2.75) is 18.5 Å². The van der Waals surface area contributed by atoms with Gasteiger partial charge in [0.2, 0.25) is 0 Å². The first-order valence-corrected chi connectivity index (χ1v) is 12.6. The predicted molar refractivity (Wildman–Crippen MR) is 136 cm³/mol. The largest absolute Gasteiger partial charge is 3.00 e. The van der Waals surface area contributed by atoms with E-state index in [0.717, 1.165) is 18.2 Å². The zero-order valence-electron chi connectivity index (χ0n) is 20.1. The van der Waals surface area contributed by atoms with Crippen molar-refractivity contribution in [3.8, 4) is 0 Å². The third-order valence-corrected chi connectivity index (χ3v) is 6.00. The number of alkyl halides is 9. The molecule has 0 saturated heterocycles. The molecule has 0 aliphatic carbocycles. The van der Waals surface area contributed by atoms with Crippen molar-refractivity contribution < 1.29 is 69.2 Å². The van der Waals surface area contributed by atoms with Crippen LogP contribution < -0.4 is 15.3 Å². The first-order chi connectivity index (χ1) is 19.0. The molecule has 3 rings (SSSR count). The first kappa shape index (κ1) is 40.8.